The lowest BCUT2D eigenvalue weighted by Crippen LogP contribution is -2.54. The van der Waals surface area contributed by atoms with E-state index in [4.69, 9.17) is 10.5 Å². The number of carbonyl (C=O) groups is 2. The van der Waals surface area contributed by atoms with Crippen LogP contribution < -0.4 is 21.7 Å². The Morgan fingerprint density at radius 3 is 2.34 bits per heavy atom. The zero-order valence-corrected chi connectivity index (χ0v) is 20.4. The molecule has 0 bridgehead atoms. The van der Waals surface area contributed by atoms with E-state index in [1.54, 1.807) is 18.2 Å². The molecule has 1 rings (SSSR count). The van der Waals surface area contributed by atoms with Crippen molar-refractivity contribution in [2.45, 2.75) is 59.2 Å². The van der Waals surface area contributed by atoms with Crippen LogP contribution in [0.1, 0.15) is 57.5 Å². The molecule has 0 aromatic heterocycles. The highest BCUT2D eigenvalue weighted by Crippen LogP contribution is 2.09. The van der Waals surface area contributed by atoms with Gasteiger partial charge in [-0.15, -0.1) is 24.0 Å². The predicted molar refractivity (Wildman–Crippen MR) is 127 cm³/mol. The molecule has 0 aliphatic carbocycles. The van der Waals surface area contributed by atoms with E-state index in [1.807, 2.05) is 47.6 Å². The van der Waals surface area contributed by atoms with Gasteiger partial charge in [0.2, 0.25) is 5.91 Å². The number of carbonyl (C=O) groups excluding carboxylic acids is 2. The van der Waals surface area contributed by atoms with Crippen LogP contribution in [0.25, 0.3) is 0 Å². The van der Waals surface area contributed by atoms with Crippen molar-refractivity contribution >= 4 is 41.9 Å². The summed E-state index contributed by atoms with van der Waals surface area (Å²) in [4.78, 5) is 27.8. The highest BCUT2D eigenvalue weighted by molar-refractivity contribution is 14.0. The number of primary amides is 1. The molecule has 0 fully saturated rings. The minimum absolute atomic E-state index is 0. The minimum atomic E-state index is -0.552. The standard InChI is InChI=1S/C20H33N5O3.HI/c1-7-22-17(23-12-14-9-8-10-15(11-14)16(21)26)24-13-20(5,6)25-18(27)28-19(2,3)4;/h8-11H,7,12-13H2,1-6H3,(H2,21,26)(H,25,27)(H2,22,23,24);1H. The highest BCUT2D eigenvalue weighted by Gasteiger charge is 2.24. The Morgan fingerprint density at radius 2 is 1.79 bits per heavy atom. The summed E-state index contributed by atoms with van der Waals surface area (Å²) >= 11 is 0. The molecule has 1 aromatic rings. The molecule has 164 valence electrons. The normalized spacial score (nSPS) is 11.9. The predicted octanol–water partition coefficient (Wildman–Crippen LogP) is 2.76. The van der Waals surface area contributed by atoms with E-state index in [1.165, 1.54) is 0 Å². The average molecular weight is 519 g/mol. The third kappa shape index (κ3) is 11.5. The molecule has 1 aromatic carbocycles. The Labute approximate surface area is 190 Å². The number of nitrogens with two attached hydrogens (primary N) is 1. The van der Waals surface area contributed by atoms with Crippen molar-refractivity contribution in [3.8, 4) is 0 Å². The zero-order chi connectivity index (χ0) is 21.4. The van der Waals surface area contributed by atoms with Crippen LogP contribution in [0.2, 0.25) is 0 Å². The summed E-state index contributed by atoms with van der Waals surface area (Å²) in [6, 6.07) is 7.06. The Hall–Kier alpha value is -2.04. The third-order valence-electron chi connectivity index (χ3n) is 3.51. The summed E-state index contributed by atoms with van der Waals surface area (Å²) in [5, 5.41) is 9.22. The van der Waals surface area contributed by atoms with Gasteiger partial charge in [-0.1, -0.05) is 12.1 Å². The molecule has 0 spiro atoms. The molecule has 5 N–H and O–H groups in total. The first-order chi connectivity index (χ1) is 12.9. The lowest BCUT2D eigenvalue weighted by molar-refractivity contribution is 0.0473. The topological polar surface area (TPSA) is 118 Å². The summed E-state index contributed by atoms with van der Waals surface area (Å²) in [6.45, 7) is 12.7. The van der Waals surface area contributed by atoms with Gasteiger partial charge in [0.25, 0.3) is 0 Å². The summed E-state index contributed by atoms with van der Waals surface area (Å²) < 4.78 is 5.30. The molecular formula is C20H34IN5O3. The number of nitrogens with zero attached hydrogens (tertiary/aromatic N) is 1. The van der Waals surface area contributed by atoms with Gasteiger partial charge in [0.15, 0.2) is 5.96 Å². The van der Waals surface area contributed by atoms with Gasteiger partial charge in [0.1, 0.15) is 5.60 Å². The Bertz CT molecular complexity index is 714. The molecule has 8 nitrogen and oxygen atoms in total. The lowest BCUT2D eigenvalue weighted by atomic mass is 10.1. The number of guanidine groups is 1. The molecule has 0 unspecified atom stereocenters. The van der Waals surface area contributed by atoms with E-state index in [0.29, 0.717) is 31.2 Å². The number of hydrogen-bond acceptors (Lipinski definition) is 4. The number of rotatable bonds is 7. The van der Waals surface area contributed by atoms with E-state index >= 15 is 0 Å². The Kier molecular flexibility index (Phi) is 11.0. The summed E-state index contributed by atoms with van der Waals surface area (Å²) in [7, 11) is 0. The van der Waals surface area contributed by atoms with E-state index in [0.717, 1.165) is 5.56 Å². The summed E-state index contributed by atoms with van der Waals surface area (Å²) in [5.41, 5.74) is 5.54. The van der Waals surface area contributed by atoms with Gasteiger partial charge in [-0.05, 0) is 59.2 Å². The van der Waals surface area contributed by atoms with E-state index in [-0.39, 0.29) is 24.0 Å². The molecule has 0 saturated carbocycles. The van der Waals surface area contributed by atoms with Crippen LogP contribution in [-0.2, 0) is 11.3 Å². The van der Waals surface area contributed by atoms with E-state index in [9.17, 15) is 9.59 Å². The van der Waals surface area contributed by atoms with Crippen molar-refractivity contribution in [2.75, 3.05) is 13.1 Å². The summed E-state index contributed by atoms with van der Waals surface area (Å²) in [6.07, 6.45) is -0.468. The Balaban J connectivity index is 0.00000784. The minimum Gasteiger partial charge on any atom is -0.444 e. The second kappa shape index (κ2) is 11.8. The van der Waals surface area contributed by atoms with Crippen LogP contribution >= 0.6 is 24.0 Å². The maximum absolute atomic E-state index is 12.0. The number of alkyl carbamates (subject to hydrolysis) is 1. The molecule has 0 aliphatic rings. The van der Waals surface area contributed by atoms with E-state index in [2.05, 4.69) is 20.9 Å². The molecule has 0 heterocycles. The van der Waals surface area contributed by atoms with Crippen LogP contribution in [0, 0.1) is 0 Å². The van der Waals surface area contributed by atoms with Crippen LogP contribution in [0.15, 0.2) is 29.3 Å². The molecule has 0 atom stereocenters. The van der Waals surface area contributed by atoms with Crippen LogP contribution in [0.4, 0.5) is 4.79 Å². The SMILES string of the molecule is CCNC(=NCc1cccc(C(N)=O)c1)NCC(C)(C)NC(=O)OC(C)(C)C.I. The van der Waals surface area contributed by atoms with Gasteiger partial charge >= 0.3 is 6.09 Å². The van der Waals surface area contributed by atoms with Crippen molar-refractivity contribution in [3.05, 3.63) is 35.4 Å². The van der Waals surface area contributed by atoms with Gasteiger partial charge in [0, 0.05) is 18.7 Å². The first-order valence-corrected chi connectivity index (χ1v) is 9.34. The second-order valence-electron chi connectivity index (χ2n) is 8.12. The van der Waals surface area contributed by atoms with Crippen LogP contribution in [0.3, 0.4) is 0 Å². The van der Waals surface area contributed by atoms with Gasteiger partial charge in [-0.25, -0.2) is 9.79 Å². The largest absolute Gasteiger partial charge is 0.444 e. The van der Waals surface area contributed by atoms with Crippen LogP contribution in [-0.4, -0.2) is 42.2 Å². The first-order valence-electron chi connectivity index (χ1n) is 9.34. The maximum atomic E-state index is 12.0. The van der Waals surface area contributed by atoms with Crippen molar-refractivity contribution < 1.29 is 14.3 Å². The summed E-state index contributed by atoms with van der Waals surface area (Å²) in [5.74, 6) is 0.136. The Morgan fingerprint density at radius 1 is 1.14 bits per heavy atom. The van der Waals surface area contributed by atoms with Gasteiger partial charge < -0.3 is 26.4 Å². The number of hydrogen-bond donors (Lipinski definition) is 4. The fourth-order valence-corrected chi connectivity index (χ4v) is 2.26. The smallest absolute Gasteiger partial charge is 0.408 e. The van der Waals surface area contributed by atoms with Gasteiger partial charge in [-0.3, -0.25) is 4.79 Å². The quantitative estimate of drug-likeness (QED) is 0.251. The number of halogens is 1. The number of amides is 2. The zero-order valence-electron chi connectivity index (χ0n) is 18.1. The average Bonchev–Trinajstić information content (AvgIpc) is 2.55. The fourth-order valence-electron chi connectivity index (χ4n) is 2.26. The third-order valence-corrected chi connectivity index (χ3v) is 3.51. The van der Waals surface area contributed by atoms with Crippen molar-refractivity contribution in [1.29, 1.82) is 0 Å². The molecule has 9 heteroatoms. The second-order valence-corrected chi connectivity index (χ2v) is 8.12. The lowest BCUT2D eigenvalue weighted by Gasteiger charge is -2.29. The molecule has 0 radical (unpaired) electrons. The molecule has 0 aliphatic heterocycles. The van der Waals surface area contributed by atoms with Crippen molar-refractivity contribution in [1.82, 2.24) is 16.0 Å². The first kappa shape index (κ1) is 27.0. The molecule has 2 amide bonds. The number of benzene rings is 1. The van der Waals surface area contributed by atoms with Crippen molar-refractivity contribution in [2.24, 2.45) is 10.7 Å². The van der Waals surface area contributed by atoms with Crippen molar-refractivity contribution in [3.63, 3.8) is 0 Å². The van der Waals surface area contributed by atoms with E-state index < -0.39 is 23.1 Å². The fraction of sp³-hybridized carbons (Fsp3) is 0.550. The van der Waals surface area contributed by atoms with Crippen LogP contribution in [0.5, 0.6) is 0 Å². The maximum Gasteiger partial charge on any atom is 0.408 e. The number of ether oxygens (including phenoxy) is 1. The number of aliphatic imine (C=N–C) groups is 1. The molecule has 29 heavy (non-hydrogen) atoms. The monoisotopic (exact) mass is 519 g/mol. The van der Waals surface area contributed by atoms with Gasteiger partial charge in [-0.2, -0.15) is 0 Å². The highest BCUT2D eigenvalue weighted by atomic mass is 127. The molecular weight excluding hydrogens is 485 g/mol. The van der Waals surface area contributed by atoms with Gasteiger partial charge in [0.05, 0.1) is 12.1 Å². The molecule has 0 saturated heterocycles. The number of nitrogens with one attached hydrogen (secondary N) is 3.